The van der Waals surface area contributed by atoms with Crippen molar-refractivity contribution in [3.8, 4) is 0 Å². The van der Waals surface area contributed by atoms with Crippen molar-refractivity contribution in [1.29, 1.82) is 0 Å². The van der Waals surface area contributed by atoms with Gasteiger partial charge in [-0.2, -0.15) is 0 Å². The molecule has 1 saturated heterocycles. The average molecular weight is 274 g/mol. The standard InChI is InChI=1S/C14H18N4O2/c1-14(2,3)20-13(19)18-7-9(8-18)12-16-10-4-5-15-6-11(10)17-12/h4-6,9H,7-8H2,1-3H3,(H,16,17). The molecule has 1 N–H and O–H groups in total. The predicted molar refractivity (Wildman–Crippen MR) is 74.4 cm³/mol. The molecule has 0 bridgehead atoms. The Morgan fingerprint density at radius 3 is 2.85 bits per heavy atom. The maximum atomic E-state index is 11.9. The summed E-state index contributed by atoms with van der Waals surface area (Å²) in [5.41, 5.74) is 1.39. The first-order chi connectivity index (χ1) is 9.42. The smallest absolute Gasteiger partial charge is 0.410 e. The van der Waals surface area contributed by atoms with Crippen LogP contribution in [0, 0.1) is 0 Å². The molecule has 20 heavy (non-hydrogen) atoms. The van der Waals surface area contributed by atoms with Gasteiger partial charge in [0.2, 0.25) is 0 Å². The summed E-state index contributed by atoms with van der Waals surface area (Å²) in [4.78, 5) is 25.4. The number of carbonyl (C=O) groups excluding carboxylic acids is 1. The summed E-state index contributed by atoms with van der Waals surface area (Å²) < 4.78 is 5.33. The Balaban J connectivity index is 1.64. The molecule has 1 aliphatic rings. The molecule has 0 aliphatic carbocycles. The quantitative estimate of drug-likeness (QED) is 0.866. The zero-order chi connectivity index (χ0) is 14.3. The molecule has 3 heterocycles. The summed E-state index contributed by atoms with van der Waals surface area (Å²) in [6.07, 6.45) is 3.23. The van der Waals surface area contributed by atoms with E-state index in [-0.39, 0.29) is 12.0 Å². The Morgan fingerprint density at radius 1 is 1.45 bits per heavy atom. The molecule has 106 valence electrons. The van der Waals surface area contributed by atoms with E-state index < -0.39 is 5.60 Å². The van der Waals surface area contributed by atoms with Crippen molar-refractivity contribution in [2.75, 3.05) is 13.1 Å². The van der Waals surface area contributed by atoms with E-state index in [1.165, 1.54) is 0 Å². The average Bonchev–Trinajstić information content (AvgIpc) is 2.67. The molecule has 2 aromatic rings. The molecule has 6 heteroatoms. The van der Waals surface area contributed by atoms with Crippen LogP contribution in [-0.2, 0) is 4.74 Å². The van der Waals surface area contributed by atoms with Gasteiger partial charge in [-0.3, -0.25) is 4.98 Å². The van der Waals surface area contributed by atoms with Crippen LogP contribution in [-0.4, -0.2) is 44.6 Å². The van der Waals surface area contributed by atoms with Gasteiger partial charge in [-0.05, 0) is 26.8 Å². The predicted octanol–water partition coefficient (Wildman–Crippen LogP) is 2.29. The van der Waals surface area contributed by atoms with Gasteiger partial charge in [-0.15, -0.1) is 0 Å². The molecule has 0 saturated carbocycles. The Morgan fingerprint density at radius 2 is 2.20 bits per heavy atom. The van der Waals surface area contributed by atoms with Gasteiger partial charge < -0.3 is 14.6 Å². The molecule has 0 atom stereocenters. The van der Waals surface area contributed by atoms with Gasteiger partial charge in [0, 0.05) is 19.3 Å². The summed E-state index contributed by atoms with van der Waals surface area (Å²) >= 11 is 0. The lowest BCUT2D eigenvalue weighted by Gasteiger charge is -2.38. The van der Waals surface area contributed by atoms with E-state index >= 15 is 0 Å². The zero-order valence-electron chi connectivity index (χ0n) is 11.9. The number of rotatable bonds is 1. The number of pyridine rings is 1. The van der Waals surface area contributed by atoms with Crippen LogP contribution in [0.2, 0.25) is 0 Å². The number of fused-ring (bicyclic) bond motifs is 1. The zero-order valence-corrected chi connectivity index (χ0v) is 11.9. The van der Waals surface area contributed by atoms with E-state index in [1.54, 1.807) is 17.3 Å². The third kappa shape index (κ3) is 2.45. The van der Waals surface area contributed by atoms with Crippen LogP contribution in [0.1, 0.15) is 32.5 Å². The van der Waals surface area contributed by atoms with Crippen molar-refractivity contribution in [3.63, 3.8) is 0 Å². The van der Waals surface area contributed by atoms with Crippen molar-refractivity contribution in [2.45, 2.75) is 32.3 Å². The highest BCUT2D eigenvalue weighted by Gasteiger charge is 2.36. The normalized spacial score (nSPS) is 16.2. The number of hydrogen-bond donors (Lipinski definition) is 1. The Labute approximate surface area is 117 Å². The van der Waals surface area contributed by atoms with Crippen LogP contribution in [0.25, 0.3) is 11.0 Å². The fourth-order valence-corrected chi connectivity index (χ4v) is 2.20. The van der Waals surface area contributed by atoms with E-state index in [0.29, 0.717) is 13.1 Å². The molecule has 0 aromatic carbocycles. The fourth-order valence-electron chi connectivity index (χ4n) is 2.20. The van der Waals surface area contributed by atoms with E-state index in [0.717, 1.165) is 16.9 Å². The molecule has 6 nitrogen and oxygen atoms in total. The van der Waals surface area contributed by atoms with Gasteiger partial charge in [-0.25, -0.2) is 9.78 Å². The number of ether oxygens (including phenoxy) is 1. The first-order valence-corrected chi connectivity index (χ1v) is 6.70. The number of amides is 1. The second-order valence-electron chi connectivity index (χ2n) is 6.10. The first-order valence-electron chi connectivity index (χ1n) is 6.70. The van der Waals surface area contributed by atoms with E-state index in [4.69, 9.17) is 4.74 Å². The van der Waals surface area contributed by atoms with Gasteiger partial charge in [0.05, 0.1) is 23.1 Å². The van der Waals surface area contributed by atoms with Crippen LogP contribution in [0.4, 0.5) is 4.79 Å². The maximum absolute atomic E-state index is 11.9. The van der Waals surface area contributed by atoms with Gasteiger partial charge in [-0.1, -0.05) is 0 Å². The lowest BCUT2D eigenvalue weighted by atomic mass is 10.0. The lowest BCUT2D eigenvalue weighted by Crippen LogP contribution is -2.50. The molecule has 2 aromatic heterocycles. The lowest BCUT2D eigenvalue weighted by molar-refractivity contribution is 0.00761. The van der Waals surface area contributed by atoms with Crippen LogP contribution in [0.5, 0.6) is 0 Å². The number of hydrogen-bond acceptors (Lipinski definition) is 4. The van der Waals surface area contributed by atoms with Crippen LogP contribution in [0.3, 0.4) is 0 Å². The van der Waals surface area contributed by atoms with Crippen LogP contribution in [0.15, 0.2) is 18.5 Å². The molecule has 0 unspecified atom stereocenters. The fraction of sp³-hybridized carbons (Fsp3) is 0.500. The number of aromatic nitrogens is 3. The van der Waals surface area contributed by atoms with Crippen molar-refractivity contribution in [1.82, 2.24) is 19.9 Å². The second kappa shape index (κ2) is 4.47. The Bertz CT molecular complexity index is 605. The third-order valence-electron chi connectivity index (χ3n) is 3.22. The second-order valence-corrected chi connectivity index (χ2v) is 6.10. The number of carbonyl (C=O) groups is 1. The molecular formula is C14H18N4O2. The van der Waals surface area contributed by atoms with Crippen molar-refractivity contribution < 1.29 is 9.53 Å². The molecule has 0 radical (unpaired) electrons. The number of H-pyrrole nitrogens is 1. The number of aromatic amines is 1. The van der Waals surface area contributed by atoms with E-state index in [2.05, 4.69) is 15.0 Å². The SMILES string of the molecule is CC(C)(C)OC(=O)N1CC(c2nc3ccncc3[nH]2)C1. The van der Waals surface area contributed by atoms with Crippen molar-refractivity contribution >= 4 is 17.1 Å². The Hall–Kier alpha value is -2.11. The summed E-state index contributed by atoms with van der Waals surface area (Å²) in [5.74, 6) is 1.16. The summed E-state index contributed by atoms with van der Waals surface area (Å²) in [7, 11) is 0. The number of imidazole rings is 1. The molecule has 1 amide bonds. The Kier molecular flexibility index (Phi) is 2.88. The molecular weight excluding hydrogens is 256 g/mol. The summed E-state index contributed by atoms with van der Waals surface area (Å²) in [6, 6.07) is 1.87. The molecule has 3 rings (SSSR count). The highest BCUT2D eigenvalue weighted by Crippen LogP contribution is 2.27. The minimum absolute atomic E-state index is 0.245. The number of likely N-dealkylation sites (tertiary alicyclic amines) is 1. The highest BCUT2D eigenvalue weighted by atomic mass is 16.6. The summed E-state index contributed by atoms with van der Waals surface area (Å²) in [6.45, 7) is 6.89. The minimum atomic E-state index is -0.451. The highest BCUT2D eigenvalue weighted by molar-refractivity contribution is 5.74. The number of nitrogens with zero attached hydrogens (tertiary/aromatic N) is 3. The van der Waals surface area contributed by atoms with Gasteiger partial charge >= 0.3 is 6.09 Å². The van der Waals surface area contributed by atoms with E-state index in [1.807, 2.05) is 26.8 Å². The minimum Gasteiger partial charge on any atom is -0.444 e. The van der Waals surface area contributed by atoms with Crippen molar-refractivity contribution in [2.24, 2.45) is 0 Å². The van der Waals surface area contributed by atoms with Gasteiger partial charge in [0.1, 0.15) is 11.4 Å². The molecule has 0 spiro atoms. The largest absolute Gasteiger partial charge is 0.444 e. The van der Waals surface area contributed by atoms with E-state index in [9.17, 15) is 4.79 Å². The molecule has 1 fully saturated rings. The third-order valence-corrected chi connectivity index (χ3v) is 3.22. The maximum Gasteiger partial charge on any atom is 0.410 e. The first kappa shape index (κ1) is 12.9. The summed E-state index contributed by atoms with van der Waals surface area (Å²) in [5, 5.41) is 0. The van der Waals surface area contributed by atoms with Crippen LogP contribution < -0.4 is 0 Å². The number of nitrogens with one attached hydrogen (secondary N) is 1. The van der Waals surface area contributed by atoms with Crippen LogP contribution >= 0.6 is 0 Å². The topological polar surface area (TPSA) is 71.1 Å². The monoisotopic (exact) mass is 274 g/mol. The van der Waals surface area contributed by atoms with Gasteiger partial charge in [0.15, 0.2) is 0 Å². The molecule has 1 aliphatic heterocycles. The van der Waals surface area contributed by atoms with Crippen molar-refractivity contribution in [3.05, 3.63) is 24.3 Å². The van der Waals surface area contributed by atoms with Gasteiger partial charge in [0.25, 0.3) is 0 Å².